The molecule has 0 unspecified atom stereocenters. The van der Waals surface area contributed by atoms with E-state index >= 15 is 0 Å². The molecule has 1 aromatic heterocycles. The molecular weight excluding hydrogens is 194 g/mol. The van der Waals surface area contributed by atoms with Crippen LogP contribution in [0, 0.1) is 0 Å². The summed E-state index contributed by atoms with van der Waals surface area (Å²) in [6.07, 6.45) is 0. The highest BCUT2D eigenvalue weighted by molar-refractivity contribution is 9.10. The minimum atomic E-state index is -2.62. The lowest BCUT2D eigenvalue weighted by Crippen LogP contribution is -1.95. The van der Waals surface area contributed by atoms with Gasteiger partial charge in [0.05, 0.1) is 0 Å². The average molecular weight is 203 g/mol. The Kier molecular flexibility index (Phi) is 1.24. The number of ketones is 1. The molecule has 0 atom stereocenters. The minimum Gasteiger partial charge on any atom is -0.293 e. The summed E-state index contributed by atoms with van der Waals surface area (Å²) in [7, 11) is 0. The number of Topliss-reactive ketones (excluding diaryl/α,β-unsaturated/α-hetero) is 1. The molecule has 2 nitrogen and oxygen atoms in total. The fourth-order valence-corrected chi connectivity index (χ4v) is 0.878. The number of carbonyl (C=O) groups is 1. The first kappa shape index (κ1) is 4.23. The van der Waals surface area contributed by atoms with E-state index in [2.05, 4.69) is 20.9 Å². The van der Waals surface area contributed by atoms with Gasteiger partial charge in [-0.2, -0.15) is 0 Å². The summed E-state index contributed by atoms with van der Waals surface area (Å²) in [5.74, 6) is -0.936. The number of carbonyl (C=O) groups excluding carboxylic acids is 1. The van der Waals surface area contributed by atoms with Crippen LogP contribution in [0.3, 0.4) is 0 Å². The zero-order valence-corrected chi connectivity index (χ0v) is 6.55. The van der Waals surface area contributed by atoms with Crippen LogP contribution >= 0.6 is 15.9 Å². The maximum Gasteiger partial charge on any atom is 0.178 e. The second-order valence-electron chi connectivity index (χ2n) is 1.67. The van der Waals surface area contributed by atoms with E-state index in [0.29, 0.717) is 4.60 Å². The summed E-state index contributed by atoms with van der Waals surface area (Å²) in [4.78, 5) is 14.9. The monoisotopic (exact) mass is 202 g/mol. The third kappa shape index (κ3) is 1.64. The van der Waals surface area contributed by atoms with Crippen molar-refractivity contribution in [3.05, 3.63) is 28.5 Å². The first-order chi connectivity index (χ1) is 5.91. The molecule has 0 aliphatic carbocycles. The largest absolute Gasteiger partial charge is 0.293 e. The van der Waals surface area contributed by atoms with E-state index in [-0.39, 0.29) is 5.69 Å². The van der Waals surface area contributed by atoms with Gasteiger partial charge < -0.3 is 0 Å². The van der Waals surface area contributed by atoms with Gasteiger partial charge in [0.2, 0.25) is 0 Å². The number of rotatable bonds is 1. The lowest BCUT2D eigenvalue weighted by molar-refractivity contribution is 0.101. The Morgan fingerprint density at radius 3 is 3.20 bits per heavy atom. The molecule has 0 amide bonds. The number of halogens is 1. The summed E-state index contributed by atoms with van der Waals surface area (Å²) < 4.78 is 21.1. The summed E-state index contributed by atoms with van der Waals surface area (Å²) in [5, 5.41) is 0. The van der Waals surface area contributed by atoms with Gasteiger partial charge in [-0.15, -0.1) is 0 Å². The van der Waals surface area contributed by atoms with Crippen molar-refractivity contribution in [2.24, 2.45) is 0 Å². The molecule has 1 aromatic rings. The van der Waals surface area contributed by atoms with Crippen molar-refractivity contribution in [2.75, 3.05) is 0 Å². The predicted molar refractivity (Wildman–Crippen MR) is 41.9 cm³/mol. The second kappa shape index (κ2) is 2.92. The molecule has 0 aliphatic rings. The van der Waals surface area contributed by atoms with Crippen molar-refractivity contribution in [3.8, 4) is 0 Å². The van der Waals surface area contributed by atoms with E-state index < -0.39 is 12.6 Å². The highest BCUT2D eigenvalue weighted by atomic mass is 79.9. The molecule has 52 valence electrons. The molecule has 0 saturated carbocycles. The maximum atomic E-state index is 11.2. The molecule has 1 heterocycles. The molecule has 0 radical (unpaired) electrons. The van der Waals surface area contributed by atoms with Crippen LogP contribution in [-0.4, -0.2) is 10.8 Å². The minimum absolute atomic E-state index is 0.0469. The van der Waals surface area contributed by atoms with Gasteiger partial charge in [-0.1, -0.05) is 6.07 Å². The average Bonchev–Trinajstić information content (AvgIpc) is 2.01. The number of hydrogen-bond donors (Lipinski definition) is 0. The molecule has 10 heavy (non-hydrogen) atoms. The van der Waals surface area contributed by atoms with Crippen molar-refractivity contribution in [1.82, 2.24) is 4.98 Å². The molecule has 1 rings (SSSR count). The first-order valence-corrected chi connectivity index (χ1v) is 3.38. The van der Waals surface area contributed by atoms with E-state index in [9.17, 15) is 4.79 Å². The number of pyridine rings is 1. The highest BCUT2D eigenvalue weighted by Gasteiger charge is 1.98. The van der Waals surface area contributed by atoms with Crippen LogP contribution in [0.4, 0.5) is 0 Å². The standard InChI is InChI=1S/C7H6BrNO/c1-5(10)6-3-2-4-7(8)9-6/h2-4H,1H3/i1D3. The Morgan fingerprint density at radius 1 is 1.80 bits per heavy atom. The van der Waals surface area contributed by atoms with Crippen LogP contribution in [0.15, 0.2) is 22.8 Å². The maximum absolute atomic E-state index is 11.2. The Labute approximate surface area is 71.6 Å². The van der Waals surface area contributed by atoms with E-state index in [1.807, 2.05) is 0 Å². The SMILES string of the molecule is [2H]C([2H])([2H])C(=O)c1cccc(Br)n1. The van der Waals surface area contributed by atoms with Gasteiger partial charge in [0.1, 0.15) is 10.3 Å². The van der Waals surface area contributed by atoms with Crippen molar-refractivity contribution in [1.29, 1.82) is 0 Å². The highest BCUT2D eigenvalue weighted by Crippen LogP contribution is 2.05. The van der Waals surface area contributed by atoms with Crippen molar-refractivity contribution in [2.45, 2.75) is 6.85 Å². The molecule has 0 aromatic carbocycles. The van der Waals surface area contributed by atoms with Crippen molar-refractivity contribution < 1.29 is 8.91 Å². The second-order valence-corrected chi connectivity index (χ2v) is 2.49. The van der Waals surface area contributed by atoms with Gasteiger partial charge in [-0.25, -0.2) is 4.98 Å². The van der Waals surface area contributed by atoms with E-state index in [1.165, 1.54) is 6.07 Å². The summed E-state index contributed by atoms with van der Waals surface area (Å²) in [6, 6.07) is 4.56. The van der Waals surface area contributed by atoms with Crippen LogP contribution < -0.4 is 0 Å². The molecule has 3 heteroatoms. The summed E-state index contributed by atoms with van der Waals surface area (Å²) in [6.45, 7) is -2.62. The third-order valence-corrected chi connectivity index (χ3v) is 1.39. The van der Waals surface area contributed by atoms with E-state index in [4.69, 9.17) is 4.11 Å². The number of nitrogens with zero attached hydrogens (tertiary/aromatic N) is 1. The Bertz CT molecular complexity index is 337. The third-order valence-electron chi connectivity index (χ3n) is 0.948. The molecular formula is C7H6BrNO. The van der Waals surface area contributed by atoms with Crippen LogP contribution in [0.5, 0.6) is 0 Å². The Balaban J connectivity index is 3.03. The van der Waals surface area contributed by atoms with Crippen molar-refractivity contribution >= 4 is 21.7 Å². The Hall–Kier alpha value is -0.700. The topological polar surface area (TPSA) is 30.0 Å². The fourth-order valence-electron chi connectivity index (χ4n) is 0.535. The number of hydrogen-bond acceptors (Lipinski definition) is 2. The van der Waals surface area contributed by atoms with Crippen LogP contribution in [-0.2, 0) is 0 Å². The van der Waals surface area contributed by atoms with Crippen LogP contribution in [0.25, 0.3) is 0 Å². The van der Waals surface area contributed by atoms with Crippen molar-refractivity contribution in [3.63, 3.8) is 0 Å². The Morgan fingerprint density at radius 2 is 2.60 bits per heavy atom. The molecule has 0 bridgehead atoms. The number of aromatic nitrogens is 1. The van der Waals surface area contributed by atoms with Gasteiger partial charge >= 0.3 is 0 Å². The smallest absolute Gasteiger partial charge is 0.178 e. The van der Waals surface area contributed by atoms with Gasteiger partial charge in [0, 0.05) is 11.0 Å². The van der Waals surface area contributed by atoms with Crippen LogP contribution in [0.2, 0.25) is 0 Å². The van der Waals surface area contributed by atoms with E-state index in [1.54, 1.807) is 12.1 Å². The molecule has 0 N–H and O–H groups in total. The molecule has 0 fully saturated rings. The van der Waals surface area contributed by atoms with Gasteiger partial charge in [0.15, 0.2) is 5.78 Å². The lowest BCUT2D eigenvalue weighted by Gasteiger charge is -1.92. The lowest BCUT2D eigenvalue weighted by atomic mass is 10.3. The summed E-state index contributed by atoms with van der Waals surface area (Å²) in [5.41, 5.74) is -0.0469. The molecule has 0 aliphatic heterocycles. The normalized spacial score (nSPS) is 15.1. The van der Waals surface area contributed by atoms with Gasteiger partial charge in [0.25, 0.3) is 0 Å². The van der Waals surface area contributed by atoms with Gasteiger partial charge in [-0.3, -0.25) is 4.79 Å². The zero-order chi connectivity index (χ0) is 10.1. The quantitative estimate of drug-likeness (QED) is 0.516. The van der Waals surface area contributed by atoms with E-state index in [0.717, 1.165) is 0 Å². The first-order valence-electron chi connectivity index (χ1n) is 4.08. The zero-order valence-electron chi connectivity index (χ0n) is 7.97. The fraction of sp³-hybridized carbons (Fsp3) is 0.143. The van der Waals surface area contributed by atoms with Crippen LogP contribution in [0.1, 0.15) is 21.5 Å². The predicted octanol–water partition coefficient (Wildman–Crippen LogP) is 2.05. The molecule has 0 saturated heterocycles. The summed E-state index contributed by atoms with van der Waals surface area (Å²) >= 11 is 3.05. The van der Waals surface area contributed by atoms with Gasteiger partial charge in [-0.05, 0) is 28.1 Å². The molecule has 0 spiro atoms.